The second-order valence-corrected chi connectivity index (χ2v) is 7.03. The molecule has 0 heterocycles. The van der Waals surface area contributed by atoms with Crippen molar-refractivity contribution < 1.29 is 18.0 Å². The smallest absolute Gasteiger partial charge is 0.255 e. The Labute approximate surface area is 134 Å². The topological polar surface area (TPSA) is 92.3 Å². The van der Waals surface area contributed by atoms with Crippen LogP contribution in [0.2, 0.25) is 0 Å². The Hall–Kier alpha value is -2.67. The van der Waals surface area contributed by atoms with Crippen molar-refractivity contribution in [1.82, 2.24) is 0 Å². The molecule has 2 rings (SSSR count). The lowest BCUT2D eigenvalue weighted by Gasteiger charge is -2.08. The number of anilines is 2. The van der Waals surface area contributed by atoms with Gasteiger partial charge in [0.1, 0.15) is 0 Å². The Bertz CT molecular complexity index is 860. The molecular formula is C16H16N2O4S. The van der Waals surface area contributed by atoms with Gasteiger partial charge in [0.25, 0.3) is 5.91 Å². The molecule has 0 atom stereocenters. The van der Waals surface area contributed by atoms with Gasteiger partial charge in [0.05, 0.1) is 4.90 Å². The molecule has 0 aliphatic rings. The number of rotatable bonds is 4. The minimum absolute atomic E-state index is 0.127. The highest BCUT2D eigenvalue weighted by molar-refractivity contribution is 7.90. The van der Waals surface area contributed by atoms with Crippen molar-refractivity contribution in [3.05, 3.63) is 54.1 Å². The third kappa shape index (κ3) is 4.65. The molecule has 2 N–H and O–H groups in total. The average Bonchev–Trinajstić information content (AvgIpc) is 2.46. The van der Waals surface area contributed by atoms with Gasteiger partial charge in [-0.1, -0.05) is 12.1 Å². The third-order valence-corrected chi connectivity index (χ3v) is 4.08. The zero-order valence-corrected chi connectivity index (χ0v) is 13.5. The van der Waals surface area contributed by atoms with Crippen molar-refractivity contribution in [1.29, 1.82) is 0 Å². The molecular weight excluding hydrogens is 316 g/mol. The fourth-order valence-corrected chi connectivity index (χ4v) is 2.62. The van der Waals surface area contributed by atoms with E-state index >= 15 is 0 Å². The molecule has 2 aromatic rings. The number of hydrogen-bond acceptors (Lipinski definition) is 4. The summed E-state index contributed by atoms with van der Waals surface area (Å²) in [4.78, 5) is 23.4. The fraction of sp³-hybridized carbons (Fsp3) is 0.125. The molecule has 0 bridgehead atoms. The average molecular weight is 332 g/mol. The van der Waals surface area contributed by atoms with Crippen molar-refractivity contribution in [3.63, 3.8) is 0 Å². The Morgan fingerprint density at radius 1 is 0.913 bits per heavy atom. The summed E-state index contributed by atoms with van der Waals surface area (Å²) in [6.45, 7) is 1.38. The summed E-state index contributed by atoms with van der Waals surface area (Å²) in [5.74, 6) is -0.633. The minimum atomic E-state index is -3.34. The summed E-state index contributed by atoms with van der Waals surface area (Å²) in [6, 6.07) is 12.5. The fourth-order valence-electron chi connectivity index (χ4n) is 1.95. The number of benzene rings is 2. The number of carbonyl (C=O) groups is 2. The summed E-state index contributed by atoms with van der Waals surface area (Å²) in [7, 11) is -3.34. The van der Waals surface area contributed by atoms with Gasteiger partial charge < -0.3 is 10.6 Å². The van der Waals surface area contributed by atoms with Crippen LogP contribution < -0.4 is 10.6 Å². The van der Waals surface area contributed by atoms with E-state index in [2.05, 4.69) is 10.6 Å². The standard InChI is InChI=1S/C16H16N2O4S/c1-11(19)17-13-6-3-5-12(9-13)16(20)18-14-7-4-8-15(10-14)23(2,21)22/h3-10H,1-2H3,(H,17,19)(H,18,20). The van der Waals surface area contributed by atoms with Crippen molar-refractivity contribution in [2.45, 2.75) is 11.8 Å². The van der Waals surface area contributed by atoms with E-state index in [0.717, 1.165) is 6.26 Å². The summed E-state index contributed by atoms with van der Waals surface area (Å²) in [5, 5.41) is 5.23. The van der Waals surface area contributed by atoms with Crippen LogP contribution in [0.3, 0.4) is 0 Å². The normalized spacial score (nSPS) is 10.9. The highest BCUT2D eigenvalue weighted by Gasteiger charge is 2.11. The van der Waals surface area contributed by atoms with Crippen molar-refractivity contribution in [3.8, 4) is 0 Å². The molecule has 2 amide bonds. The van der Waals surface area contributed by atoms with Gasteiger partial charge in [-0.2, -0.15) is 0 Å². The van der Waals surface area contributed by atoms with Crippen LogP contribution in [0, 0.1) is 0 Å². The molecule has 2 aromatic carbocycles. The molecule has 0 fully saturated rings. The number of sulfone groups is 1. The lowest BCUT2D eigenvalue weighted by Crippen LogP contribution is -2.13. The lowest BCUT2D eigenvalue weighted by molar-refractivity contribution is -0.114. The second kappa shape index (κ2) is 6.62. The first-order valence-electron chi connectivity index (χ1n) is 6.75. The van der Waals surface area contributed by atoms with Gasteiger partial charge in [-0.05, 0) is 36.4 Å². The van der Waals surface area contributed by atoms with Crippen molar-refractivity contribution >= 4 is 33.0 Å². The van der Waals surface area contributed by atoms with Crippen LogP contribution in [0.5, 0.6) is 0 Å². The van der Waals surface area contributed by atoms with Crippen LogP contribution in [-0.2, 0) is 14.6 Å². The molecule has 0 saturated carbocycles. The van der Waals surface area contributed by atoms with Crippen LogP contribution in [0.25, 0.3) is 0 Å². The van der Waals surface area contributed by atoms with Gasteiger partial charge in [-0.15, -0.1) is 0 Å². The molecule has 7 heteroatoms. The second-order valence-electron chi connectivity index (χ2n) is 5.02. The number of carbonyl (C=O) groups excluding carboxylic acids is 2. The van der Waals surface area contributed by atoms with Gasteiger partial charge in [0.2, 0.25) is 5.91 Å². The van der Waals surface area contributed by atoms with E-state index < -0.39 is 15.7 Å². The maximum absolute atomic E-state index is 12.2. The van der Waals surface area contributed by atoms with Crippen LogP contribution in [0.15, 0.2) is 53.4 Å². The van der Waals surface area contributed by atoms with E-state index in [1.165, 1.54) is 25.1 Å². The van der Waals surface area contributed by atoms with Gasteiger partial charge >= 0.3 is 0 Å². The first kappa shape index (κ1) is 16.7. The molecule has 6 nitrogen and oxygen atoms in total. The maximum Gasteiger partial charge on any atom is 0.255 e. The first-order chi connectivity index (χ1) is 10.8. The maximum atomic E-state index is 12.2. The number of amides is 2. The van der Waals surface area contributed by atoms with E-state index in [1.54, 1.807) is 30.3 Å². The predicted molar refractivity (Wildman–Crippen MR) is 88.3 cm³/mol. The molecule has 0 spiro atoms. The summed E-state index contributed by atoms with van der Waals surface area (Å²) in [5.41, 5.74) is 1.24. The zero-order chi connectivity index (χ0) is 17.0. The third-order valence-electron chi connectivity index (χ3n) is 2.97. The molecule has 0 saturated heterocycles. The monoisotopic (exact) mass is 332 g/mol. The Morgan fingerprint density at radius 2 is 1.52 bits per heavy atom. The van der Waals surface area contributed by atoms with Gasteiger partial charge in [0, 0.05) is 30.1 Å². The largest absolute Gasteiger partial charge is 0.326 e. The summed E-state index contributed by atoms with van der Waals surface area (Å²) in [6.07, 6.45) is 1.10. The highest BCUT2D eigenvalue weighted by Crippen LogP contribution is 2.17. The van der Waals surface area contributed by atoms with E-state index in [1.807, 2.05) is 0 Å². The number of hydrogen-bond donors (Lipinski definition) is 2. The molecule has 0 aromatic heterocycles. The van der Waals surface area contributed by atoms with Gasteiger partial charge in [-0.3, -0.25) is 9.59 Å². The minimum Gasteiger partial charge on any atom is -0.326 e. The van der Waals surface area contributed by atoms with Crippen molar-refractivity contribution in [2.24, 2.45) is 0 Å². The highest BCUT2D eigenvalue weighted by atomic mass is 32.2. The molecule has 0 aliphatic carbocycles. The summed E-state index contributed by atoms with van der Waals surface area (Å²) < 4.78 is 23.1. The SMILES string of the molecule is CC(=O)Nc1cccc(C(=O)Nc2cccc(S(C)(=O)=O)c2)c1. The van der Waals surface area contributed by atoms with Gasteiger partial charge in [0.15, 0.2) is 9.84 Å². The van der Waals surface area contributed by atoms with E-state index in [9.17, 15) is 18.0 Å². The molecule has 0 radical (unpaired) electrons. The van der Waals surface area contributed by atoms with E-state index in [4.69, 9.17) is 0 Å². The first-order valence-corrected chi connectivity index (χ1v) is 8.64. The molecule has 0 aliphatic heterocycles. The Kier molecular flexibility index (Phi) is 4.80. The number of nitrogens with one attached hydrogen (secondary N) is 2. The van der Waals surface area contributed by atoms with Crippen LogP contribution in [0.4, 0.5) is 11.4 Å². The quantitative estimate of drug-likeness (QED) is 0.898. The van der Waals surface area contributed by atoms with E-state index in [0.29, 0.717) is 16.9 Å². The predicted octanol–water partition coefficient (Wildman–Crippen LogP) is 2.30. The molecule has 0 unspecified atom stereocenters. The van der Waals surface area contributed by atoms with Crippen LogP contribution in [-0.4, -0.2) is 26.5 Å². The Morgan fingerprint density at radius 3 is 2.13 bits per heavy atom. The van der Waals surface area contributed by atoms with Gasteiger partial charge in [-0.25, -0.2) is 8.42 Å². The van der Waals surface area contributed by atoms with Crippen molar-refractivity contribution in [2.75, 3.05) is 16.9 Å². The lowest BCUT2D eigenvalue weighted by atomic mass is 10.2. The Balaban J connectivity index is 2.21. The van der Waals surface area contributed by atoms with Crippen LogP contribution in [0.1, 0.15) is 17.3 Å². The van der Waals surface area contributed by atoms with E-state index in [-0.39, 0.29) is 10.8 Å². The van der Waals surface area contributed by atoms with Crippen LogP contribution >= 0.6 is 0 Å². The molecule has 120 valence electrons. The summed E-state index contributed by atoms with van der Waals surface area (Å²) >= 11 is 0. The molecule has 23 heavy (non-hydrogen) atoms. The zero-order valence-electron chi connectivity index (χ0n) is 12.7.